The molecule has 1 atom stereocenters. The SMILES string of the molecule is CCCC(O)CNC(=O)c1cccc(COc2ccc(C#N)cc2)c1. The monoisotopic (exact) mass is 338 g/mol. The van der Waals surface area contributed by atoms with Crippen molar-refractivity contribution in [3.05, 3.63) is 65.2 Å². The molecule has 0 spiro atoms. The molecule has 0 aliphatic heterocycles. The second kappa shape index (κ2) is 9.45. The summed E-state index contributed by atoms with van der Waals surface area (Å²) in [6.45, 7) is 2.56. The Morgan fingerprint density at radius 3 is 2.72 bits per heavy atom. The summed E-state index contributed by atoms with van der Waals surface area (Å²) in [6.07, 6.45) is 1.02. The first-order valence-corrected chi connectivity index (χ1v) is 8.30. The molecule has 0 aliphatic carbocycles. The van der Waals surface area contributed by atoms with E-state index in [1.165, 1.54) is 0 Å². The molecule has 2 N–H and O–H groups in total. The Balaban J connectivity index is 1.91. The number of amides is 1. The Kier molecular flexibility index (Phi) is 7.00. The molecule has 0 saturated carbocycles. The number of aliphatic hydroxyl groups is 1. The number of aliphatic hydroxyl groups excluding tert-OH is 1. The van der Waals surface area contributed by atoms with Gasteiger partial charge in [0, 0.05) is 12.1 Å². The molecule has 0 aromatic heterocycles. The lowest BCUT2D eigenvalue weighted by Crippen LogP contribution is -2.32. The van der Waals surface area contributed by atoms with Gasteiger partial charge in [0.15, 0.2) is 0 Å². The third-order valence-corrected chi connectivity index (χ3v) is 3.70. The van der Waals surface area contributed by atoms with Crippen molar-refractivity contribution in [1.82, 2.24) is 5.32 Å². The van der Waals surface area contributed by atoms with Crippen molar-refractivity contribution in [2.75, 3.05) is 6.54 Å². The van der Waals surface area contributed by atoms with Crippen molar-refractivity contribution in [3.8, 4) is 11.8 Å². The highest BCUT2D eigenvalue weighted by Crippen LogP contribution is 2.14. The van der Waals surface area contributed by atoms with Gasteiger partial charge in [-0.05, 0) is 48.4 Å². The second-order valence-corrected chi connectivity index (χ2v) is 5.78. The van der Waals surface area contributed by atoms with Gasteiger partial charge in [-0.1, -0.05) is 25.5 Å². The van der Waals surface area contributed by atoms with Crippen LogP contribution in [0.5, 0.6) is 5.75 Å². The third-order valence-electron chi connectivity index (χ3n) is 3.70. The molecule has 1 unspecified atom stereocenters. The van der Waals surface area contributed by atoms with Gasteiger partial charge in [0.2, 0.25) is 0 Å². The van der Waals surface area contributed by atoms with Crippen LogP contribution in [-0.2, 0) is 6.61 Å². The van der Waals surface area contributed by atoms with Gasteiger partial charge < -0.3 is 15.2 Å². The van der Waals surface area contributed by atoms with E-state index in [-0.39, 0.29) is 12.5 Å². The van der Waals surface area contributed by atoms with Crippen LogP contribution in [0.25, 0.3) is 0 Å². The van der Waals surface area contributed by atoms with E-state index in [1.807, 2.05) is 13.0 Å². The van der Waals surface area contributed by atoms with Gasteiger partial charge in [-0.25, -0.2) is 0 Å². The van der Waals surface area contributed by atoms with Gasteiger partial charge in [0.1, 0.15) is 12.4 Å². The van der Waals surface area contributed by atoms with Gasteiger partial charge in [0.25, 0.3) is 5.91 Å². The fraction of sp³-hybridized carbons (Fsp3) is 0.300. The minimum Gasteiger partial charge on any atom is -0.489 e. The van der Waals surface area contributed by atoms with Crippen molar-refractivity contribution in [3.63, 3.8) is 0 Å². The number of nitriles is 1. The standard InChI is InChI=1S/C20H22N2O3/c1-2-4-18(23)13-22-20(24)17-6-3-5-16(11-17)14-25-19-9-7-15(12-21)8-10-19/h3,5-11,18,23H,2,4,13-14H2,1H3,(H,22,24). The van der Waals surface area contributed by atoms with Crippen LogP contribution in [0.4, 0.5) is 0 Å². The number of hydrogen-bond acceptors (Lipinski definition) is 4. The molecule has 0 saturated heterocycles. The lowest BCUT2D eigenvalue weighted by molar-refractivity contribution is 0.0910. The number of hydrogen-bond donors (Lipinski definition) is 2. The first-order chi connectivity index (χ1) is 12.1. The van der Waals surface area contributed by atoms with Crippen molar-refractivity contribution in [1.29, 1.82) is 5.26 Å². The topological polar surface area (TPSA) is 82.3 Å². The second-order valence-electron chi connectivity index (χ2n) is 5.78. The lowest BCUT2D eigenvalue weighted by atomic mass is 10.1. The number of carbonyl (C=O) groups is 1. The zero-order valence-corrected chi connectivity index (χ0v) is 14.2. The van der Waals surface area contributed by atoms with Crippen LogP contribution in [0.2, 0.25) is 0 Å². The van der Waals surface area contributed by atoms with Crippen LogP contribution < -0.4 is 10.1 Å². The van der Waals surface area contributed by atoms with E-state index in [4.69, 9.17) is 10.00 Å². The summed E-state index contributed by atoms with van der Waals surface area (Å²) >= 11 is 0. The zero-order valence-electron chi connectivity index (χ0n) is 14.2. The van der Waals surface area contributed by atoms with Gasteiger partial charge in [-0.3, -0.25) is 4.79 Å². The van der Waals surface area contributed by atoms with Crippen LogP contribution >= 0.6 is 0 Å². The van der Waals surface area contributed by atoms with E-state index in [9.17, 15) is 9.90 Å². The van der Waals surface area contributed by atoms with Crippen molar-refractivity contribution in [2.24, 2.45) is 0 Å². The highest BCUT2D eigenvalue weighted by molar-refractivity contribution is 5.94. The summed E-state index contributed by atoms with van der Waals surface area (Å²) in [7, 11) is 0. The minimum absolute atomic E-state index is 0.213. The number of rotatable bonds is 8. The minimum atomic E-state index is -0.517. The summed E-state index contributed by atoms with van der Waals surface area (Å²) in [5.74, 6) is 0.451. The molecule has 0 aliphatic rings. The van der Waals surface area contributed by atoms with E-state index in [0.29, 0.717) is 29.9 Å². The molecule has 25 heavy (non-hydrogen) atoms. The average molecular weight is 338 g/mol. The number of nitrogens with zero attached hydrogens (tertiary/aromatic N) is 1. The highest BCUT2D eigenvalue weighted by atomic mass is 16.5. The summed E-state index contributed by atoms with van der Waals surface area (Å²) in [4.78, 5) is 12.2. The highest BCUT2D eigenvalue weighted by Gasteiger charge is 2.09. The number of nitrogens with one attached hydrogen (secondary N) is 1. The van der Waals surface area contributed by atoms with E-state index >= 15 is 0 Å². The van der Waals surface area contributed by atoms with Crippen molar-refractivity contribution in [2.45, 2.75) is 32.5 Å². The van der Waals surface area contributed by atoms with E-state index < -0.39 is 6.10 Å². The van der Waals surface area contributed by atoms with Gasteiger partial charge in [0.05, 0.1) is 17.7 Å². The zero-order chi connectivity index (χ0) is 18.1. The largest absolute Gasteiger partial charge is 0.489 e. The quantitative estimate of drug-likeness (QED) is 0.775. The molecule has 130 valence electrons. The third kappa shape index (κ3) is 5.94. The maximum atomic E-state index is 12.2. The predicted octanol–water partition coefficient (Wildman–Crippen LogP) is 3.03. The van der Waals surface area contributed by atoms with Crippen LogP contribution in [0.1, 0.15) is 41.3 Å². The van der Waals surface area contributed by atoms with E-state index in [2.05, 4.69) is 11.4 Å². The Labute approximate surface area is 147 Å². The predicted molar refractivity (Wildman–Crippen MR) is 95.2 cm³/mol. The molecule has 5 heteroatoms. The number of ether oxygens (including phenoxy) is 1. The Morgan fingerprint density at radius 1 is 1.28 bits per heavy atom. The fourth-order valence-electron chi connectivity index (χ4n) is 2.34. The van der Waals surface area contributed by atoms with Crippen molar-refractivity contribution >= 4 is 5.91 Å². The van der Waals surface area contributed by atoms with Gasteiger partial charge >= 0.3 is 0 Å². The first kappa shape index (κ1) is 18.5. The van der Waals surface area contributed by atoms with Gasteiger partial charge in [-0.15, -0.1) is 0 Å². The first-order valence-electron chi connectivity index (χ1n) is 8.30. The lowest BCUT2D eigenvalue weighted by Gasteiger charge is -2.11. The Bertz CT molecular complexity index is 735. The molecule has 2 rings (SSSR count). The summed E-state index contributed by atoms with van der Waals surface area (Å²) in [6, 6.07) is 16.1. The average Bonchev–Trinajstić information content (AvgIpc) is 2.65. The molecule has 0 heterocycles. The molecular weight excluding hydrogens is 316 g/mol. The molecule has 0 fully saturated rings. The molecule has 2 aromatic carbocycles. The fourth-order valence-corrected chi connectivity index (χ4v) is 2.34. The molecule has 0 bridgehead atoms. The number of benzene rings is 2. The van der Waals surface area contributed by atoms with Crippen LogP contribution in [0.15, 0.2) is 48.5 Å². The smallest absolute Gasteiger partial charge is 0.251 e. The van der Waals surface area contributed by atoms with Crippen LogP contribution in [-0.4, -0.2) is 23.7 Å². The molecule has 0 radical (unpaired) electrons. The van der Waals surface area contributed by atoms with E-state index in [1.54, 1.807) is 42.5 Å². The molecule has 1 amide bonds. The summed E-state index contributed by atoms with van der Waals surface area (Å²) in [5.41, 5.74) is 1.98. The molecular formula is C20H22N2O3. The normalized spacial score (nSPS) is 11.4. The maximum Gasteiger partial charge on any atom is 0.251 e. The van der Waals surface area contributed by atoms with Crippen LogP contribution in [0.3, 0.4) is 0 Å². The number of carbonyl (C=O) groups excluding carboxylic acids is 1. The summed E-state index contributed by atoms with van der Waals surface area (Å²) < 4.78 is 5.68. The Hall–Kier alpha value is -2.84. The summed E-state index contributed by atoms with van der Waals surface area (Å²) in [5, 5.41) is 21.2. The van der Waals surface area contributed by atoms with E-state index in [0.717, 1.165) is 12.0 Å². The molecule has 2 aromatic rings. The van der Waals surface area contributed by atoms with Gasteiger partial charge in [-0.2, -0.15) is 5.26 Å². The molecule has 5 nitrogen and oxygen atoms in total. The van der Waals surface area contributed by atoms with Crippen molar-refractivity contribution < 1.29 is 14.6 Å². The maximum absolute atomic E-state index is 12.2. The van der Waals surface area contributed by atoms with Crippen LogP contribution in [0, 0.1) is 11.3 Å². The Morgan fingerprint density at radius 2 is 2.04 bits per heavy atom.